The third-order valence-corrected chi connectivity index (χ3v) is 3.91. The molecule has 0 bridgehead atoms. The topological polar surface area (TPSA) is 33.2 Å². The molecule has 96 valence electrons. The number of carbonyl (C=O) groups is 1. The highest BCUT2D eigenvalue weighted by atomic mass is 32.1. The van der Waals surface area contributed by atoms with E-state index in [1.54, 1.807) is 11.3 Å². The van der Waals surface area contributed by atoms with Gasteiger partial charge < -0.3 is 9.69 Å². The third kappa shape index (κ3) is 4.21. The SMILES string of the molecule is CCCC(C)(C=O)CN(C)Cc1scnc1C. The van der Waals surface area contributed by atoms with Crippen LogP contribution in [-0.2, 0) is 11.3 Å². The number of hydrogen-bond donors (Lipinski definition) is 0. The third-order valence-electron chi connectivity index (χ3n) is 3.00. The molecule has 0 aliphatic heterocycles. The fourth-order valence-electron chi connectivity index (χ4n) is 2.14. The normalized spacial score (nSPS) is 14.9. The molecule has 0 amide bonds. The summed E-state index contributed by atoms with van der Waals surface area (Å²) in [5.41, 5.74) is 2.76. The van der Waals surface area contributed by atoms with Crippen molar-refractivity contribution in [2.45, 2.75) is 40.2 Å². The molecule has 3 nitrogen and oxygen atoms in total. The van der Waals surface area contributed by atoms with Crippen molar-refractivity contribution in [2.75, 3.05) is 13.6 Å². The predicted molar refractivity (Wildman–Crippen MR) is 72.3 cm³/mol. The number of aryl methyl sites for hydroxylation is 1. The summed E-state index contributed by atoms with van der Waals surface area (Å²) in [6.45, 7) is 7.88. The zero-order chi connectivity index (χ0) is 12.9. The Bertz CT molecular complexity index is 364. The molecule has 1 rings (SSSR count). The summed E-state index contributed by atoms with van der Waals surface area (Å²) in [4.78, 5) is 18.9. The van der Waals surface area contributed by atoms with Crippen LogP contribution in [0.15, 0.2) is 5.51 Å². The van der Waals surface area contributed by atoms with Crippen LogP contribution in [0.4, 0.5) is 0 Å². The number of aldehydes is 1. The van der Waals surface area contributed by atoms with Crippen molar-refractivity contribution >= 4 is 17.6 Å². The van der Waals surface area contributed by atoms with Gasteiger partial charge in [0.05, 0.1) is 11.2 Å². The molecule has 17 heavy (non-hydrogen) atoms. The molecular formula is C13H22N2OS. The lowest BCUT2D eigenvalue weighted by atomic mass is 9.87. The fourth-order valence-corrected chi connectivity index (χ4v) is 3.00. The van der Waals surface area contributed by atoms with Crippen LogP contribution in [0.25, 0.3) is 0 Å². The Hall–Kier alpha value is -0.740. The van der Waals surface area contributed by atoms with E-state index in [1.807, 2.05) is 19.4 Å². The van der Waals surface area contributed by atoms with E-state index in [2.05, 4.69) is 23.9 Å². The minimum atomic E-state index is -0.220. The Morgan fingerprint density at radius 3 is 2.76 bits per heavy atom. The van der Waals surface area contributed by atoms with Crippen molar-refractivity contribution in [1.29, 1.82) is 0 Å². The van der Waals surface area contributed by atoms with E-state index in [0.717, 1.165) is 37.9 Å². The van der Waals surface area contributed by atoms with Crippen molar-refractivity contribution in [3.63, 3.8) is 0 Å². The Morgan fingerprint density at radius 2 is 2.29 bits per heavy atom. The molecule has 0 saturated carbocycles. The second kappa shape index (κ2) is 6.26. The van der Waals surface area contributed by atoms with Crippen molar-refractivity contribution in [3.8, 4) is 0 Å². The average molecular weight is 254 g/mol. The first-order valence-corrected chi connectivity index (χ1v) is 6.92. The lowest BCUT2D eigenvalue weighted by molar-refractivity contribution is -0.116. The molecule has 1 aromatic heterocycles. The molecule has 0 aliphatic carbocycles. The van der Waals surface area contributed by atoms with E-state index in [1.165, 1.54) is 4.88 Å². The quantitative estimate of drug-likeness (QED) is 0.701. The number of carbonyl (C=O) groups excluding carboxylic acids is 1. The summed E-state index contributed by atoms with van der Waals surface area (Å²) >= 11 is 1.68. The Morgan fingerprint density at radius 1 is 1.59 bits per heavy atom. The predicted octanol–water partition coefficient (Wildman–Crippen LogP) is 2.89. The van der Waals surface area contributed by atoms with Crippen LogP contribution in [0.3, 0.4) is 0 Å². The van der Waals surface area contributed by atoms with Gasteiger partial charge in [-0.3, -0.25) is 0 Å². The summed E-state index contributed by atoms with van der Waals surface area (Å²) < 4.78 is 0. The summed E-state index contributed by atoms with van der Waals surface area (Å²) in [5, 5.41) is 0. The van der Waals surface area contributed by atoms with Gasteiger partial charge in [-0.2, -0.15) is 0 Å². The first-order chi connectivity index (χ1) is 8.00. The molecule has 1 heterocycles. The van der Waals surface area contributed by atoms with Gasteiger partial charge in [0.2, 0.25) is 0 Å². The molecule has 0 N–H and O–H groups in total. The van der Waals surface area contributed by atoms with Crippen molar-refractivity contribution in [3.05, 3.63) is 16.1 Å². The van der Waals surface area contributed by atoms with E-state index in [9.17, 15) is 4.79 Å². The van der Waals surface area contributed by atoms with Crippen LogP contribution < -0.4 is 0 Å². The smallest absolute Gasteiger partial charge is 0.127 e. The number of hydrogen-bond acceptors (Lipinski definition) is 4. The van der Waals surface area contributed by atoms with Gasteiger partial charge in [0, 0.05) is 23.4 Å². The molecule has 4 heteroatoms. The highest BCUT2D eigenvalue weighted by Gasteiger charge is 2.24. The summed E-state index contributed by atoms with van der Waals surface area (Å²) in [5.74, 6) is 0. The van der Waals surface area contributed by atoms with E-state index < -0.39 is 0 Å². The van der Waals surface area contributed by atoms with Gasteiger partial charge in [-0.25, -0.2) is 4.98 Å². The van der Waals surface area contributed by atoms with Crippen LogP contribution in [-0.4, -0.2) is 29.8 Å². The molecule has 0 saturated heterocycles. The lowest BCUT2D eigenvalue weighted by Crippen LogP contribution is -2.34. The first kappa shape index (κ1) is 14.3. The molecular weight excluding hydrogens is 232 g/mol. The number of thiazole rings is 1. The van der Waals surface area contributed by atoms with Crippen molar-refractivity contribution in [2.24, 2.45) is 5.41 Å². The summed E-state index contributed by atoms with van der Waals surface area (Å²) in [7, 11) is 2.07. The van der Waals surface area contributed by atoms with Crippen LogP contribution in [0.5, 0.6) is 0 Å². The lowest BCUT2D eigenvalue weighted by Gasteiger charge is -2.28. The maximum atomic E-state index is 11.2. The van der Waals surface area contributed by atoms with E-state index in [4.69, 9.17) is 0 Å². The molecule has 0 spiro atoms. The standard InChI is InChI=1S/C13H22N2OS/c1-5-6-13(3,9-16)8-15(4)7-12-11(2)14-10-17-12/h9-10H,5-8H2,1-4H3. The maximum absolute atomic E-state index is 11.2. The molecule has 1 atom stereocenters. The Balaban J connectivity index is 2.56. The first-order valence-electron chi connectivity index (χ1n) is 6.04. The Kier molecular flexibility index (Phi) is 5.28. The fraction of sp³-hybridized carbons (Fsp3) is 0.692. The van der Waals surface area contributed by atoms with Gasteiger partial charge in [-0.15, -0.1) is 11.3 Å². The molecule has 1 unspecified atom stereocenters. The van der Waals surface area contributed by atoms with Crippen LogP contribution >= 0.6 is 11.3 Å². The highest BCUT2D eigenvalue weighted by molar-refractivity contribution is 7.09. The van der Waals surface area contributed by atoms with Crippen LogP contribution in [0.1, 0.15) is 37.3 Å². The monoisotopic (exact) mass is 254 g/mol. The minimum Gasteiger partial charge on any atom is -0.303 e. The van der Waals surface area contributed by atoms with Gasteiger partial charge in [0.15, 0.2) is 0 Å². The number of aromatic nitrogens is 1. The van der Waals surface area contributed by atoms with Crippen molar-refractivity contribution < 1.29 is 4.79 Å². The van der Waals surface area contributed by atoms with Gasteiger partial charge in [0.1, 0.15) is 6.29 Å². The molecule has 0 aliphatic rings. The van der Waals surface area contributed by atoms with E-state index in [-0.39, 0.29) is 5.41 Å². The molecule has 0 radical (unpaired) electrons. The largest absolute Gasteiger partial charge is 0.303 e. The second-order valence-corrected chi connectivity index (χ2v) is 5.99. The minimum absolute atomic E-state index is 0.220. The van der Waals surface area contributed by atoms with Crippen LogP contribution in [0.2, 0.25) is 0 Å². The van der Waals surface area contributed by atoms with Crippen LogP contribution in [0, 0.1) is 12.3 Å². The van der Waals surface area contributed by atoms with Crippen molar-refractivity contribution in [1.82, 2.24) is 9.88 Å². The zero-order valence-corrected chi connectivity index (χ0v) is 12.0. The Labute approximate surface area is 108 Å². The van der Waals surface area contributed by atoms with Gasteiger partial charge in [-0.1, -0.05) is 20.3 Å². The highest BCUT2D eigenvalue weighted by Crippen LogP contribution is 2.23. The average Bonchev–Trinajstić information content (AvgIpc) is 2.64. The van der Waals surface area contributed by atoms with E-state index >= 15 is 0 Å². The maximum Gasteiger partial charge on any atom is 0.127 e. The van der Waals surface area contributed by atoms with Gasteiger partial charge >= 0.3 is 0 Å². The molecule has 0 aromatic carbocycles. The zero-order valence-electron chi connectivity index (χ0n) is 11.2. The second-order valence-electron chi connectivity index (χ2n) is 5.06. The van der Waals surface area contributed by atoms with E-state index in [0.29, 0.717) is 0 Å². The molecule has 0 fully saturated rings. The molecule has 1 aromatic rings. The van der Waals surface area contributed by atoms with Gasteiger partial charge in [0.25, 0.3) is 0 Å². The number of rotatable bonds is 7. The summed E-state index contributed by atoms with van der Waals surface area (Å²) in [6, 6.07) is 0. The summed E-state index contributed by atoms with van der Waals surface area (Å²) in [6.07, 6.45) is 3.09. The van der Waals surface area contributed by atoms with Gasteiger partial charge in [-0.05, 0) is 20.4 Å². The number of nitrogens with zero attached hydrogens (tertiary/aromatic N) is 2.